The maximum Gasteiger partial charge on any atom is 0.262 e. The third kappa shape index (κ3) is 3.92. The largest absolute Gasteiger partial charge is 0.480 e. The third-order valence-electron chi connectivity index (χ3n) is 5.43. The van der Waals surface area contributed by atoms with E-state index in [0.717, 1.165) is 16.8 Å². The highest BCUT2D eigenvalue weighted by atomic mass is 16.5. The van der Waals surface area contributed by atoms with Gasteiger partial charge in [-0.15, -0.1) is 0 Å². The molecule has 0 aliphatic heterocycles. The Balaban J connectivity index is 1.44. The van der Waals surface area contributed by atoms with E-state index in [1.54, 1.807) is 27.5 Å². The molecule has 10 heteroatoms. The van der Waals surface area contributed by atoms with E-state index in [1.165, 1.54) is 13.4 Å². The number of aromatic nitrogens is 6. The summed E-state index contributed by atoms with van der Waals surface area (Å²) in [6, 6.07) is 15.3. The van der Waals surface area contributed by atoms with Crippen molar-refractivity contribution in [1.82, 2.24) is 29.4 Å². The number of hydrogen-bond acceptors (Lipinski definition) is 7. The zero-order valence-corrected chi connectivity index (χ0v) is 18.6. The van der Waals surface area contributed by atoms with Gasteiger partial charge in [-0.05, 0) is 30.2 Å². The maximum absolute atomic E-state index is 13.1. The lowest BCUT2D eigenvalue weighted by molar-refractivity contribution is 0.102. The number of fused-ring (bicyclic) bond motifs is 1. The maximum atomic E-state index is 13.1. The van der Waals surface area contributed by atoms with Crippen LogP contribution in [0.2, 0.25) is 0 Å². The first-order valence-corrected chi connectivity index (χ1v) is 10.6. The molecule has 0 saturated carbocycles. The van der Waals surface area contributed by atoms with E-state index in [1.807, 2.05) is 49.5 Å². The van der Waals surface area contributed by atoms with Crippen LogP contribution in [-0.4, -0.2) is 42.4 Å². The highest BCUT2D eigenvalue weighted by Crippen LogP contribution is 2.29. The molecule has 0 saturated heterocycles. The Labute approximate surface area is 195 Å². The number of amides is 1. The lowest BCUT2D eigenvalue weighted by Crippen LogP contribution is -2.15. The summed E-state index contributed by atoms with van der Waals surface area (Å²) in [6.45, 7) is 2.53. The molecule has 170 valence electrons. The first kappa shape index (κ1) is 21.1. The smallest absolute Gasteiger partial charge is 0.262 e. The minimum atomic E-state index is -0.386. The van der Waals surface area contributed by atoms with Crippen LogP contribution in [-0.2, 0) is 6.54 Å². The van der Waals surface area contributed by atoms with Gasteiger partial charge in [-0.3, -0.25) is 9.48 Å². The quantitative estimate of drug-likeness (QED) is 0.404. The van der Waals surface area contributed by atoms with Gasteiger partial charge in [0, 0.05) is 24.0 Å². The number of ether oxygens (including phenoxy) is 1. The summed E-state index contributed by atoms with van der Waals surface area (Å²) in [5, 5.41) is 11.6. The van der Waals surface area contributed by atoms with Gasteiger partial charge in [-0.2, -0.15) is 10.2 Å². The zero-order chi connectivity index (χ0) is 23.7. The summed E-state index contributed by atoms with van der Waals surface area (Å²) in [4.78, 5) is 21.5. The molecule has 0 aliphatic carbocycles. The van der Waals surface area contributed by atoms with E-state index in [0.29, 0.717) is 29.3 Å². The van der Waals surface area contributed by atoms with Crippen molar-refractivity contribution in [1.29, 1.82) is 0 Å². The molecule has 3 N–H and O–H groups in total. The lowest BCUT2D eigenvalue weighted by Gasteiger charge is -2.10. The Morgan fingerprint density at radius 3 is 2.76 bits per heavy atom. The molecule has 0 atom stereocenters. The van der Waals surface area contributed by atoms with Gasteiger partial charge < -0.3 is 15.8 Å². The molecule has 1 aromatic carbocycles. The average Bonchev–Trinajstić information content (AvgIpc) is 3.43. The fourth-order valence-corrected chi connectivity index (χ4v) is 3.85. The molecular weight excluding hydrogens is 432 g/mol. The van der Waals surface area contributed by atoms with Crippen LogP contribution in [0, 0.1) is 6.92 Å². The number of nitrogens with zero attached hydrogens (tertiary/aromatic N) is 6. The van der Waals surface area contributed by atoms with Crippen LogP contribution in [0.4, 0.5) is 11.6 Å². The number of carbonyl (C=O) groups excluding carboxylic acids is 1. The third-order valence-corrected chi connectivity index (χ3v) is 5.43. The fraction of sp³-hybridized carbons (Fsp3) is 0.125. The topological polar surface area (TPSA) is 125 Å². The van der Waals surface area contributed by atoms with E-state index < -0.39 is 0 Å². The van der Waals surface area contributed by atoms with Crippen molar-refractivity contribution in [3.05, 3.63) is 83.9 Å². The number of nitrogens with two attached hydrogens (primary N) is 1. The molecule has 34 heavy (non-hydrogen) atoms. The first-order chi connectivity index (χ1) is 16.5. The number of pyridine rings is 1. The highest BCUT2D eigenvalue weighted by molar-refractivity contribution is 6.06. The summed E-state index contributed by atoms with van der Waals surface area (Å²) in [7, 11) is 1.47. The summed E-state index contributed by atoms with van der Waals surface area (Å²) >= 11 is 0. The minimum Gasteiger partial charge on any atom is -0.480 e. The number of rotatable bonds is 6. The molecule has 4 heterocycles. The van der Waals surface area contributed by atoms with Crippen LogP contribution >= 0.6 is 0 Å². The predicted octanol–water partition coefficient (Wildman–Crippen LogP) is 3.19. The van der Waals surface area contributed by atoms with Crippen LogP contribution in [0.1, 0.15) is 21.5 Å². The van der Waals surface area contributed by atoms with Crippen molar-refractivity contribution in [2.75, 3.05) is 18.2 Å². The summed E-state index contributed by atoms with van der Waals surface area (Å²) in [6.07, 6.45) is 4.83. The number of methoxy groups -OCH3 is 1. The average molecular weight is 454 g/mol. The van der Waals surface area contributed by atoms with E-state index in [9.17, 15) is 4.79 Å². The van der Waals surface area contributed by atoms with Crippen molar-refractivity contribution in [2.24, 2.45) is 0 Å². The van der Waals surface area contributed by atoms with Gasteiger partial charge >= 0.3 is 0 Å². The second kappa shape index (κ2) is 8.66. The van der Waals surface area contributed by atoms with Gasteiger partial charge in [0.1, 0.15) is 17.4 Å². The Hall–Kier alpha value is -4.73. The van der Waals surface area contributed by atoms with Gasteiger partial charge in [0.15, 0.2) is 11.6 Å². The SMILES string of the molecule is COc1ncc(-c2cc(C)c3c(N)ncnn23)cc1C(=O)Nc1ccn(Cc2ccccc2)n1. The minimum absolute atomic E-state index is 0.205. The van der Waals surface area contributed by atoms with Crippen LogP contribution in [0.3, 0.4) is 0 Å². The second-order valence-electron chi connectivity index (χ2n) is 7.74. The van der Waals surface area contributed by atoms with Gasteiger partial charge in [0.25, 0.3) is 5.91 Å². The van der Waals surface area contributed by atoms with E-state index in [4.69, 9.17) is 10.5 Å². The molecule has 4 aromatic heterocycles. The molecule has 1 amide bonds. The number of anilines is 2. The van der Waals surface area contributed by atoms with E-state index >= 15 is 0 Å². The lowest BCUT2D eigenvalue weighted by atomic mass is 10.1. The molecular formula is C24H22N8O2. The molecule has 10 nitrogen and oxygen atoms in total. The molecule has 0 radical (unpaired) electrons. The van der Waals surface area contributed by atoms with Gasteiger partial charge in [-0.1, -0.05) is 30.3 Å². The van der Waals surface area contributed by atoms with Crippen LogP contribution in [0.15, 0.2) is 67.3 Å². The van der Waals surface area contributed by atoms with Crippen LogP contribution < -0.4 is 15.8 Å². The molecule has 0 fully saturated rings. The normalized spacial score (nSPS) is 11.0. The molecule has 0 spiro atoms. The Bertz CT molecular complexity index is 1490. The summed E-state index contributed by atoms with van der Waals surface area (Å²) in [5.41, 5.74) is 10.5. The van der Waals surface area contributed by atoms with E-state index in [-0.39, 0.29) is 17.4 Å². The van der Waals surface area contributed by atoms with Crippen molar-refractivity contribution in [2.45, 2.75) is 13.5 Å². The predicted molar refractivity (Wildman–Crippen MR) is 128 cm³/mol. The number of benzene rings is 1. The number of nitrogens with one attached hydrogen (secondary N) is 1. The Morgan fingerprint density at radius 1 is 1.15 bits per heavy atom. The fourth-order valence-electron chi connectivity index (χ4n) is 3.85. The zero-order valence-electron chi connectivity index (χ0n) is 18.6. The monoisotopic (exact) mass is 454 g/mol. The molecule has 0 aliphatic rings. The number of nitrogen functional groups attached to an aromatic ring is 1. The Morgan fingerprint density at radius 2 is 1.97 bits per heavy atom. The summed E-state index contributed by atoms with van der Waals surface area (Å²) < 4.78 is 8.79. The molecule has 0 bridgehead atoms. The second-order valence-corrected chi connectivity index (χ2v) is 7.74. The van der Waals surface area contributed by atoms with Crippen LogP contribution in [0.5, 0.6) is 5.88 Å². The summed E-state index contributed by atoms with van der Waals surface area (Å²) in [5.74, 6) is 0.627. The molecule has 0 unspecified atom stereocenters. The molecule has 5 rings (SSSR count). The molecule has 5 aromatic rings. The Kier molecular flexibility index (Phi) is 5.38. The van der Waals surface area contributed by atoms with Gasteiger partial charge in [0.2, 0.25) is 5.88 Å². The first-order valence-electron chi connectivity index (χ1n) is 10.6. The van der Waals surface area contributed by atoms with Crippen molar-refractivity contribution in [3.8, 4) is 17.1 Å². The van der Waals surface area contributed by atoms with Crippen LogP contribution in [0.25, 0.3) is 16.8 Å². The van der Waals surface area contributed by atoms with Gasteiger partial charge in [-0.25, -0.2) is 14.5 Å². The standard InChI is InChI=1S/C24H22N8O2/c1-15-10-19(32-21(15)22(25)27-14-28-32)17-11-18(24(34-2)26-12-17)23(33)29-20-8-9-31(30-20)13-16-6-4-3-5-7-16/h3-12,14H,13H2,1-2H3,(H2,25,27,28)(H,29,30,33). The highest BCUT2D eigenvalue weighted by Gasteiger charge is 2.19. The number of carbonyl (C=O) groups is 1. The van der Waals surface area contributed by atoms with Crippen molar-refractivity contribution < 1.29 is 9.53 Å². The van der Waals surface area contributed by atoms with E-state index in [2.05, 4.69) is 25.5 Å². The van der Waals surface area contributed by atoms with Gasteiger partial charge in [0.05, 0.1) is 19.3 Å². The van der Waals surface area contributed by atoms with Crippen molar-refractivity contribution >= 4 is 23.1 Å². The van der Waals surface area contributed by atoms with Crippen molar-refractivity contribution in [3.63, 3.8) is 0 Å². The number of hydrogen-bond donors (Lipinski definition) is 2. The number of aryl methyl sites for hydroxylation is 1.